The van der Waals surface area contributed by atoms with Crippen molar-refractivity contribution < 1.29 is 9.53 Å². The molecule has 0 radical (unpaired) electrons. The van der Waals surface area contributed by atoms with Gasteiger partial charge in [0.1, 0.15) is 5.82 Å². The van der Waals surface area contributed by atoms with Gasteiger partial charge in [0.2, 0.25) is 0 Å². The molecule has 8 nitrogen and oxygen atoms in total. The highest BCUT2D eigenvalue weighted by Gasteiger charge is 2.35. The topological polar surface area (TPSA) is 84.3 Å². The molecular weight excluding hydrogens is 416 g/mol. The molecule has 3 heterocycles. The quantitative estimate of drug-likeness (QED) is 0.583. The van der Waals surface area contributed by atoms with Gasteiger partial charge in [-0.25, -0.2) is 9.48 Å². The van der Waals surface area contributed by atoms with E-state index in [1.54, 1.807) is 19.5 Å². The predicted octanol–water partition coefficient (Wildman–Crippen LogP) is 2.99. The van der Waals surface area contributed by atoms with E-state index in [0.29, 0.717) is 6.61 Å². The van der Waals surface area contributed by atoms with Gasteiger partial charge < -0.3 is 10.1 Å². The summed E-state index contributed by atoms with van der Waals surface area (Å²) >= 11 is 0. The van der Waals surface area contributed by atoms with Crippen LogP contribution in [-0.4, -0.2) is 65.1 Å². The summed E-state index contributed by atoms with van der Waals surface area (Å²) in [5, 5.41) is 11.2. The molecule has 1 aliphatic carbocycles. The van der Waals surface area contributed by atoms with E-state index in [-0.39, 0.29) is 18.0 Å². The van der Waals surface area contributed by atoms with Crippen LogP contribution >= 0.6 is 0 Å². The van der Waals surface area contributed by atoms with Gasteiger partial charge in [-0.05, 0) is 37.0 Å². The molecule has 1 aromatic carbocycles. The van der Waals surface area contributed by atoms with E-state index >= 15 is 0 Å². The minimum atomic E-state index is -0.195. The highest BCUT2D eigenvalue weighted by Crippen LogP contribution is 2.31. The third-order valence-electron chi connectivity index (χ3n) is 6.60. The van der Waals surface area contributed by atoms with Gasteiger partial charge in [0.25, 0.3) is 0 Å². The number of rotatable bonds is 7. The Bertz CT molecular complexity index is 1090. The summed E-state index contributed by atoms with van der Waals surface area (Å²) in [5.41, 5.74) is 4.33. The normalized spacial score (nSPS) is 20.0. The minimum absolute atomic E-state index is 0.00889. The summed E-state index contributed by atoms with van der Waals surface area (Å²) in [6.45, 7) is 3.21. The molecule has 8 heteroatoms. The number of likely N-dealkylation sites (tertiary alicyclic amines) is 1. The van der Waals surface area contributed by atoms with Gasteiger partial charge in [-0.15, -0.1) is 0 Å². The number of fused-ring (bicyclic) bond motifs is 1. The highest BCUT2D eigenvalue weighted by atomic mass is 16.5. The van der Waals surface area contributed by atoms with E-state index in [0.717, 1.165) is 61.7 Å². The molecule has 2 amide bonds. The number of amides is 2. The number of nitrogens with zero attached hydrogens (tertiary/aromatic N) is 4. The van der Waals surface area contributed by atoms with Gasteiger partial charge in [0, 0.05) is 50.6 Å². The summed E-state index contributed by atoms with van der Waals surface area (Å²) in [5.74, 6) is 0.987. The van der Waals surface area contributed by atoms with Crippen LogP contribution in [-0.2, 0) is 17.6 Å². The Morgan fingerprint density at radius 2 is 1.94 bits per heavy atom. The first kappa shape index (κ1) is 21.6. The van der Waals surface area contributed by atoms with Crippen molar-refractivity contribution in [1.82, 2.24) is 25.0 Å². The summed E-state index contributed by atoms with van der Waals surface area (Å²) in [4.78, 5) is 19.7. The van der Waals surface area contributed by atoms with E-state index in [2.05, 4.69) is 44.8 Å². The Labute approximate surface area is 194 Å². The van der Waals surface area contributed by atoms with Crippen LogP contribution in [0.15, 0.2) is 54.9 Å². The maximum Gasteiger partial charge on any atom is 0.320 e. The summed E-state index contributed by atoms with van der Waals surface area (Å²) < 4.78 is 7.11. The average molecular weight is 447 g/mol. The predicted molar refractivity (Wildman–Crippen MR) is 127 cm³/mol. The first-order valence-corrected chi connectivity index (χ1v) is 11.6. The van der Waals surface area contributed by atoms with Crippen LogP contribution in [0.25, 0.3) is 5.69 Å². The van der Waals surface area contributed by atoms with Crippen molar-refractivity contribution in [3.05, 3.63) is 71.7 Å². The van der Waals surface area contributed by atoms with E-state index in [1.165, 1.54) is 5.56 Å². The van der Waals surface area contributed by atoms with E-state index in [4.69, 9.17) is 9.84 Å². The van der Waals surface area contributed by atoms with Gasteiger partial charge in [-0.2, -0.15) is 5.10 Å². The molecule has 0 saturated carbocycles. The van der Waals surface area contributed by atoms with Crippen LogP contribution in [0.2, 0.25) is 0 Å². The monoisotopic (exact) mass is 446 g/mol. The van der Waals surface area contributed by atoms with E-state index in [1.807, 2.05) is 22.9 Å². The number of aromatic nitrogens is 3. The lowest BCUT2D eigenvalue weighted by Crippen LogP contribution is -2.42. The van der Waals surface area contributed by atoms with Crippen LogP contribution in [0.5, 0.6) is 0 Å². The third kappa shape index (κ3) is 4.62. The molecular formula is C25H30N6O2. The number of ether oxygens (including phenoxy) is 1. The van der Waals surface area contributed by atoms with Crippen molar-refractivity contribution in [2.75, 3.05) is 38.7 Å². The second kappa shape index (κ2) is 9.72. The van der Waals surface area contributed by atoms with E-state index in [9.17, 15) is 4.79 Å². The Morgan fingerprint density at radius 1 is 1.12 bits per heavy atom. The third-order valence-corrected chi connectivity index (χ3v) is 6.60. The van der Waals surface area contributed by atoms with Crippen molar-refractivity contribution in [2.45, 2.75) is 31.2 Å². The highest BCUT2D eigenvalue weighted by molar-refractivity contribution is 5.90. The molecule has 33 heavy (non-hydrogen) atoms. The Morgan fingerprint density at radius 3 is 2.73 bits per heavy atom. The van der Waals surface area contributed by atoms with Crippen LogP contribution in [0.3, 0.4) is 0 Å². The Kier molecular flexibility index (Phi) is 6.37. The van der Waals surface area contributed by atoms with Gasteiger partial charge in [0.15, 0.2) is 0 Å². The number of benzene rings is 1. The molecule has 1 aliphatic heterocycles. The lowest BCUT2D eigenvalue weighted by Gasteiger charge is -2.21. The molecule has 0 bridgehead atoms. The van der Waals surface area contributed by atoms with Crippen molar-refractivity contribution in [3.63, 3.8) is 0 Å². The smallest absolute Gasteiger partial charge is 0.320 e. The Balaban J connectivity index is 1.35. The number of aryl methyl sites for hydroxylation is 1. The number of methoxy groups -OCH3 is 1. The second-order valence-electron chi connectivity index (χ2n) is 8.72. The zero-order chi connectivity index (χ0) is 22.6. The number of urea groups is 1. The fourth-order valence-corrected chi connectivity index (χ4v) is 4.98. The first-order chi connectivity index (χ1) is 16.2. The van der Waals surface area contributed by atoms with Gasteiger partial charge in [-0.1, -0.05) is 30.3 Å². The minimum Gasteiger partial charge on any atom is -0.383 e. The molecule has 0 unspecified atom stereocenters. The summed E-state index contributed by atoms with van der Waals surface area (Å²) in [7, 11) is 1.72. The van der Waals surface area contributed by atoms with Gasteiger partial charge >= 0.3 is 6.03 Å². The standard InChI is InChI=1S/C25H30N6O2/c1-33-15-14-30-16-21(18-6-3-2-4-7-18)23(17-30)27-25(32)28-24-20-8-5-9-22(20)29-31(24)19-10-12-26-13-11-19/h2-4,6-7,10-13,21,23H,5,8-9,14-17H2,1H3,(H2,27,28,32)/t21-,23+/m0/s1. The molecule has 2 aromatic heterocycles. The van der Waals surface area contributed by atoms with Gasteiger partial charge in [0.05, 0.1) is 24.0 Å². The number of nitrogens with one attached hydrogen (secondary N) is 2. The van der Waals surface area contributed by atoms with Crippen molar-refractivity contribution in [3.8, 4) is 5.69 Å². The largest absolute Gasteiger partial charge is 0.383 e. The van der Waals surface area contributed by atoms with Crippen LogP contribution in [0.1, 0.15) is 29.2 Å². The molecule has 3 aromatic rings. The lowest BCUT2D eigenvalue weighted by atomic mass is 9.94. The summed E-state index contributed by atoms with van der Waals surface area (Å²) in [6.07, 6.45) is 6.42. The van der Waals surface area contributed by atoms with Crippen molar-refractivity contribution >= 4 is 11.8 Å². The maximum absolute atomic E-state index is 13.2. The maximum atomic E-state index is 13.2. The van der Waals surface area contributed by atoms with Crippen LogP contribution in [0.4, 0.5) is 10.6 Å². The van der Waals surface area contributed by atoms with Crippen molar-refractivity contribution in [1.29, 1.82) is 0 Å². The number of hydrogen-bond donors (Lipinski definition) is 2. The molecule has 2 atom stereocenters. The SMILES string of the molecule is COCCN1C[C@@H](NC(=O)Nc2c3c(nn2-c2ccncc2)CCC3)[C@H](c2ccccc2)C1. The zero-order valence-corrected chi connectivity index (χ0v) is 18.9. The molecule has 1 fully saturated rings. The molecule has 172 valence electrons. The second-order valence-corrected chi connectivity index (χ2v) is 8.72. The molecule has 2 N–H and O–H groups in total. The number of carbonyl (C=O) groups excluding carboxylic acids is 1. The van der Waals surface area contributed by atoms with Crippen molar-refractivity contribution in [2.24, 2.45) is 0 Å². The molecule has 1 saturated heterocycles. The average Bonchev–Trinajstić information content (AvgIpc) is 3.55. The first-order valence-electron chi connectivity index (χ1n) is 11.6. The fourth-order valence-electron chi connectivity index (χ4n) is 4.98. The number of pyridine rings is 1. The van der Waals surface area contributed by atoms with Gasteiger partial charge in [-0.3, -0.25) is 15.2 Å². The number of carbonyl (C=O) groups is 1. The lowest BCUT2D eigenvalue weighted by molar-refractivity contribution is 0.159. The van der Waals surface area contributed by atoms with Crippen LogP contribution in [0, 0.1) is 0 Å². The molecule has 5 rings (SSSR count). The Hall–Kier alpha value is -3.23. The molecule has 0 spiro atoms. The van der Waals surface area contributed by atoms with Crippen LogP contribution < -0.4 is 10.6 Å². The number of anilines is 1. The molecule has 2 aliphatic rings. The fraction of sp³-hybridized carbons (Fsp3) is 0.400. The number of hydrogen-bond acceptors (Lipinski definition) is 5. The zero-order valence-electron chi connectivity index (χ0n) is 18.9. The van der Waals surface area contributed by atoms with E-state index < -0.39 is 0 Å². The summed E-state index contributed by atoms with van der Waals surface area (Å²) in [6, 6.07) is 14.0.